The molecule has 1 aromatic carbocycles. The third-order valence-electron chi connectivity index (χ3n) is 3.19. The van der Waals surface area contributed by atoms with Gasteiger partial charge >= 0.3 is 0 Å². The highest BCUT2D eigenvalue weighted by molar-refractivity contribution is 5.52. The van der Waals surface area contributed by atoms with E-state index in [1.54, 1.807) is 18.3 Å². The molecule has 1 aliphatic heterocycles. The number of aromatic hydroxyl groups is 1. The average molecular weight is 275 g/mol. The van der Waals surface area contributed by atoms with Crippen LogP contribution >= 0.6 is 0 Å². The maximum absolute atomic E-state index is 9.95. The number of anilines is 1. The van der Waals surface area contributed by atoms with Crippen molar-refractivity contribution < 1.29 is 14.6 Å². The molecule has 20 heavy (non-hydrogen) atoms. The summed E-state index contributed by atoms with van der Waals surface area (Å²) in [7, 11) is 0. The van der Waals surface area contributed by atoms with E-state index >= 15 is 0 Å². The van der Waals surface area contributed by atoms with Crippen LogP contribution in [0.15, 0.2) is 24.5 Å². The third kappa shape index (κ3) is 2.36. The minimum atomic E-state index is 0.193. The number of nitrogens with zero attached hydrogens (tertiary/aromatic N) is 2. The second-order valence-corrected chi connectivity index (χ2v) is 4.99. The summed E-state index contributed by atoms with van der Waals surface area (Å²) >= 11 is 0. The van der Waals surface area contributed by atoms with Gasteiger partial charge in [0, 0.05) is 30.4 Å². The van der Waals surface area contributed by atoms with Gasteiger partial charge in [-0.05, 0) is 19.9 Å². The Balaban J connectivity index is 1.71. The van der Waals surface area contributed by atoms with Crippen molar-refractivity contribution in [3.05, 3.63) is 30.1 Å². The molecule has 0 spiro atoms. The molecule has 1 aliphatic rings. The van der Waals surface area contributed by atoms with Crippen LogP contribution < -0.4 is 14.8 Å². The first-order valence-corrected chi connectivity index (χ1v) is 6.53. The quantitative estimate of drug-likeness (QED) is 0.897. The van der Waals surface area contributed by atoms with E-state index in [9.17, 15) is 5.11 Å². The number of hydrogen-bond acceptors (Lipinski definition) is 5. The van der Waals surface area contributed by atoms with Crippen LogP contribution in [0.1, 0.15) is 25.5 Å². The summed E-state index contributed by atoms with van der Waals surface area (Å²) in [5, 5.41) is 17.4. The Bertz CT molecular complexity index is 622. The van der Waals surface area contributed by atoms with E-state index in [0.717, 1.165) is 11.3 Å². The lowest BCUT2D eigenvalue weighted by Crippen LogP contribution is -2.01. The molecule has 0 aliphatic carbocycles. The maximum Gasteiger partial charge on any atom is 0.231 e. The molecule has 2 aromatic rings. The number of nitrogens with one attached hydrogen (secondary N) is 1. The average Bonchev–Trinajstić information content (AvgIpc) is 3.03. The van der Waals surface area contributed by atoms with Gasteiger partial charge in [0.25, 0.3) is 0 Å². The molecule has 0 bridgehead atoms. The molecule has 6 heteroatoms. The molecule has 106 valence electrons. The second kappa shape index (κ2) is 4.96. The standard InChI is InChI=1S/C14H17N3O3/c1-9(2)17-7-11(6-16-17)15-5-10-3-13-14(4-12(10)18)20-8-19-13/h3-4,6-7,9,15,18H,5,8H2,1-2H3. The first-order chi connectivity index (χ1) is 9.63. The Hall–Kier alpha value is -2.37. The number of rotatable bonds is 4. The minimum Gasteiger partial charge on any atom is -0.507 e. The Morgan fingerprint density at radius 3 is 2.80 bits per heavy atom. The van der Waals surface area contributed by atoms with Crippen molar-refractivity contribution in [1.82, 2.24) is 9.78 Å². The molecule has 0 radical (unpaired) electrons. The number of ether oxygens (including phenoxy) is 2. The van der Waals surface area contributed by atoms with Crippen molar-refractivity contribution in [2.45, 2.75) is 26.4 Å². The molecule has 6 nitrogen and oxygen atoms in total. The van der Waals surface area contributed by atoms with Gasteiger partial charge in [-0.2, -0.15) is 5.10 Å². The highest BCUT2D eigenvalue weighted by Crippen LogP contribution is 2.37. The minimum absolute atomic E-state index is 0.193. The molecule has 0 atom stereocenters. The fraction of sp³-hybridized carbons (Fsp3) is 0.357. The molecule has 0 unspecified atom stereocenters. The van der Waals surface area contributed by atoms with E-state index in [1.165, 1.54) is 0 Å². The van der Waals surface area contributed by atoms with Crippen molar-refractivity contribution in [3.63, 3.8) is 0 Å². The van der Waals surface area contributed by atoms with Crippen molar-refractivity contribution in [3.8, 4) is 17.2 Å². The highest BCUT2D eigenvalue weighted by atomic mass is 16.7. The molecule has 0 saturated heterocycles. The summed E-state index contributed by atoms with van der Waals surface area (Å²) in [4.78, 5) is 0. The zero-order chi connectivity index (χ0) is 14.1. The highest BCUT2D eigenvalue weighted by Gasteiger charge is 2.16. The third-order valence-corrected chi connectivity index (χ3v) is 3.19. The Kier molecular flexibility index (Phi) is 3.14. The van der Waals surface area contributed by atoms with Gasteiger partial charge in [0.05, 0.1) is 11.9 Å². The first-order valence-electron chi connectivity index (χ1n) is 6.53. The largest absolute Gasteiger partial charge is 0.507 e. The Labute approximate surface area is 116 Å². The van der Waals surface area contributed by atoms with E-state index in [0.29, 0.717) is 24.1 Å². The normalized spacial score (nSPS) is 12.9. The Morgan fingerprint density at radius 2 is 2.10 bits per heavy atom. The lowest BCUT2D eigenvalue weighted by atomic mass is 10.1. The van der Waals surface area contributed by atoms with Crippen LogP contribution in [-0.2, 0) is 6.54 Å². The van der Waals surface area contributed by atoms with Gasteiger partial charge in [0.2, 0.25) is 6.79 Å². The van der Waals surface area contributed by atoms with Crippen LogP contribution in [0.25, 0.3) is 0 Å². The first kappa shape index (κ1) is 12.7. The van der Waals surface area contributed by atoms with Gasteiger partial charge in [0.15, 0.2) is 11.5 Å². The van der Waals surface area contributed by atoms with Crippen LogP contribution in [0.3, 0.4) is 0 Å². The van der Waals surface area contributed by atoms with E-state index < -0.39 is 0 Å². The molecule has 0 saturated carbocycles. The number of benzene rings is 1. The molecular weight excluding hydrogens is 258 g/mol. The monoisotopic (exact) mass is 275 g/mol. The summed E-state index contributed by atoms with van der Waals surface area (Å²) < 4.78 is 12.4. The fourth-order valence-corrected chi connectivity index (χ4v) is 2.02. The number of fused-ring (bicyclic) bond motifs is 1. The second-order valence-electron chi connectivity index (χ2n) is 4.99. The summed E-state index contributed by atoms with van der Waals surface area (Å²) in [5.74, 6) is 1.44. The van der Waals surface area contributed by atoms with E-state index in [-0.39, 0.29) is 12.5 Å². The number of phenolic OH excluding ortho intramolecular Hbond substituents is 1. The van der Waals surface area contributed by atoms with Crippen LogP contribution in [0, 0.1) is 0 Å². The lowest BCUT2D eigenvalue weighted by molar-refractivity contribution is 0.174. The molecule has 3 rings (SSSR count). The topological polar surface area (TPSA) is 68.5 Å². The van der Waals surface area contributed by atoms with Crippen molar-refractivity contribution in [2.24, 2.45) is 0 Å². The molecular formula is C14H17N3O3. The van der Waals surface area contributed by atoms with Crippen LogP contribution in [0.5, 0.6) is 17.2 Å². The summed E-state index contributed by atoms with van der Waals surface area (Å²) in [6.45, 7) is 4.83. The molecule has 2 N–H and O–H groups in total. The summed E-state index contributed by atoms with van der Waals surface area (Å²) in [5.41, 5.74) is 1.67. The van der Waals surface area contributed by atoms with Crippen molar-refractivity contribution in [2.75, 3.05) is 12.1 Å². The fourth-order valence-electron chi connectivity index (χ4n) is 2.02. The van der Waals surface area contributed by atoms with Crippen LogP contribution in [0.2, 0.25) is 0 Å². The predicted octanol–water partition coefficient (Wildman–Crippen LogP) is 2.51. The van der Waals surface area contributed by atoms with E-state index in [2.05, 4.69) is 24.3 Å². The number of hydrogen-bond donors (Lipinski definition) is 2. The Morgan fingerprint density at radius 1 is 1.35 bits per heavy atom. The number of phenols is 1. The van der Waals surface area contributed by atoms with Gasteiger partial charge in [0.1, 0.15) is 5.75 Å². The van der Waals surface area contributed by atoms with Crippen molar-refractivity contribution >= 4 is 5.69 Å². The summed E-state index contributed by atoms with van der Waals surface area (Å²) in [6.07, 6.45) is 3.71. The van der Waals surface area contributed by atoms with Gasteiger partial charge in [-0.1, -0.05) is 0 Å². The summed E-state index contributed by atoms with van der Waals surface area (Å²) in [6, 6.07) is 3.69. The van der Waals surface area contributed by atoms with E-state index in [1.807, 2.05) is 10.9 Å². The van der Waals surface area contributed by atoms with Crippen LogP contribution in [-0.4, -0.2) is 21.7 Å². The van der Waals surface area contributed by atoms with Gasteiger partial charge in [-0.25, -0.2) is 0 Å². The zero-order valence-electron chi connectivity index (χ0n) is 11.5. The smallest absolute Gasteiger partial charge is 0.231 e. The molecule has 2 heterocycles. The molecule has 0 fully saturated rings. The van der Waals surface area contributed by atoms with Gasteiger partial charge < -0.3 is 19.9 Å². The lowest BCUT2D eigenvalue weighted by Gasteiger charge is -2.08. The SMILES string of the molecule is CC(C)n1cc(NCc2cc3c(cc2O)OCO3)cn1. The van der Waals surface area contributed by atoms with Gasteiger partial charge in [-0.15, -0.1) is 0 Å². The van der Waals surface area contributed by atoms with Crippen LogP contribution in [0.4, 0.5) is 5.69 Å². The zero-order valence-corrected chi connectivity index (χ0v) is 11.5. The predicted molar refractivity (Wildman–Crippen MR) is 74.2 cm³/mol. The van der Waals surface area contributed by atoms with Crippen molar-refractivity contribution in [1.29, 1.82) is 0 Å². The van der Waals surface area contributed by atoms with Gasteiger partial charge in [-0.3, -0.25) is 4.68 Å². The molecule has 0 amide bonds. The number of aromatic nitrogens is 2. The maximum atomic E-state index is 9.95. The molecule has 1 aromatic heterocycles. The van der Waals surface area contributed by atoms with E-state index in [4.69, 9.17) is 9.47 Å².